The number of rotatable bonds is 48. The van der Waals surface area contributed by atoms with Gasteiger partial charge in [-0.2, -0.15) is 0 Å². The molecule has 0 saturated heterocycles. The summed E-state index contributed by atoms with van der Waals surface area (Å²) in [5, 5.41) is 3.00. The number of carbonyl (C=O) groups excluding carboxylic acids is 2. The number of likely N-dealkylation sites (N-methyl/N-ethyl adjacent to an activating group) is 1. The van der Waals surface area contributed by atoms with Gasteiger partial charge in [0.2, 0.25) is 5.91 Å². The maximum atomic E-state index is 13.4. The Balaban J connectivity index is 5.40. The minimum Gasteiger partial charge on any atom is -0.756 e. The van der Waals surface area contributed by atoms with Crippen LogP contribution in [0.5, 0.6) is 0 Å². The molecule has 3 atom stereocenters. The minimum atomic E-state index is -4.69. The number of esters is 1. The summed E-state index contributed by atoms with van der Waals surface area (Å²) in [7, 11) is 1.17. The molecule has 1 amide bonds. The minimum absolute atomic E-state index is 0.0276. The van der Waals surface area contributed by atoms with Crippen LogP contribution in [0, 0.1) is 0 Å². The van der Waals surface area contributed by atoms with E-state index in [0.29, 0.717) is 17.4 Å². The molecule has 1 N–H and O–H groups in total. The summed E-state index contributed by atoms with van der Waals surface area (Å²) in [6, 6.07) is -0.896. The normalized spacial score (nSPS) is 14.3. The van der Waals surface area contributed by atoms with Crippen molar-refractivity contribution in [2.75, 3.05) is 40.9 Å². The molecule has 0 heterocycles. The number of nitrogens with one attached hydrogen (secondary N) is 1. The molecule has 0 rings (SSSR count). The molecular weight excluding hydrogens is 844 g/mol. The van der Waals surface area contributed by atoms with Gasteiger partial charge in [-0.3, -0.25) is 14.2 Å². The number of hydrogen-bond donors (Lipinski definition) is 1. The smallest absolute Gasteiger partial charge is 0.306 e. The molecule has 0 aromatic heterocycles. The first kappa shape index (κ1) is 63.7. The zero-order valence-corrected chi connectivity index (χ0v) is 44.5. The van der Waals surface area contributed by atoms with E-state index in [1.165, 1.54) is 83.5 Å². The highest BCUT2D eigenvalue weighted by molar-refractivity contribution is 7.45. The van der Waals surface area contributed by atoms with Gasteiger partial charge in [0, 0.05) is 12.8 Å². The number of allylic oxidation sites excluding steroid dienone is 9. The fraction of sp³-hybridized carbons (Fsp3) is 0.786. The lowest BCUT2D eigenvalue weighted by Gasteiger charge is -2.30. The van der Waals surface area contributed by atoms with Crippen molar-refractivity contribution in [3.8, 4) is 0 Å². The van der Waals surface area contributed by atoms with Crippen LogP contribution in [0.4, 0.5) is 0 Å². The van der Waals surface area contributed by atoms with Crippen LogP contribution >= 0.6 is 7.82 Å². The average molecular weight is 947 g/mol. The molecule has 0 aromatic rings. The third-order valence-corrected chi connectivity index (χ3v) is 12.7. The second-order valence-corrected chi connectivity index (χ2v) is 20.8. The Morgan fingerprint density at radius 2 is 1.02 bits per heavy atom. The van der Waals surface area contributed by atoms with Crippen molar-refractivity contribution in [2.45, 2.75) is 245 Å². The van der Waals surface area contributed by atoms with E-state index < -0.39 is 26.6 Å². The Kier molecular flexibility index (Phi) is 44.8. The highest BCUT2D eigenvalue weighted by atomic mass is 31.2. The first-order valence-electron chi connectivity index (χ1n) is 27.1. The summed E-state index contributed by atoms with van der Waals surface area (Å²) in [6.45, 7) is 6.67. The van der Waals surface area contributed by atoms with Gasteiger partial charge in [-0.1, -0.05) is 197 Å². The molecule has 0 spiro atoms. The van der Waals surface area contributed by atoms with Gasteiger partial charge < -0.3 is 28.5 Å². The zero-order valence-electron chi connectivity index (χ0n) is 43.6. The average Bonchev–Trinajstić information content (AvgIpc) is 3.27. The number of nitrogens with zero attached hydrogens (tertiary/aromatic N) is 1. The standard InChI is InChI=1S/C56H103N2O7P/c1-7-10-13-16-19-22-25-27-29-30-33-36-39-42-45-48-55(59)57-53(52-64-66(61,62)63-51-50-58(4,5)6)54(47-44-41-38-35-32-24-21-18-15-12-9-3)65-56(60)49-46-43-40-37-34-31-28-26-23-20-17-14-11-8-2/h11,14,19-20,22-23,25,27,44,47,53-54H,7-10,12-13,15-18,21,24,26,28-43,45-46,48-52H2,1-6H3,(H-,57,59,61,62)/b14-11+,22-19+,23-20+,27-25+,47-44+. The van der Waals surface area contributed by atoms with Gasteiger partial charge in [0.15, 0.2) is 0 Å². The summed E-state index contributed by atoms with van der Waals surface area (Å²) < 4.78 is 30.1. The monoisotopic (exact) mass is 947 g/mol. The molecule has 0 aromatic carbocycles. The van der Waals surface area contributed by atoms with Gasteiger partial charge >= 0.3 is 5.97 Å². The Morgan fingerprint density at radius 3 is 1.56 bits per heavy atom. The van der Waals surface area contributed by atoms with Crippen LogP contribution in [0.2, 0.25) is 0 Å². The first-order valence-corrected chi connectivity index (χ1v) is 28.6. The first-order chi connectivity index (χ1) is 31.9. The maximum Gasteiger partial charge on any atom is 0.306 e. The van der Waals surface area contributed by atoms with Gasteiger partial charge in [-0.25, -0.2) is 0 Å². The SMILES string of the molecule is CC/C=C/C/C=C/CCCCCCCCCC(=O)OC(/C=C/CCCCCCCCCCC)C(COP(=O)([O-])OCC[N+](C)(C)C)NC(=O)CCCCCCCC/C=C/C=C/CCCCC. The van der Waals surface area contributed by atoms with E-state index in [0.717, 1.165) is 116 Å². The predicted molar refractivity (Wildman–Crippen MR) is 279 cm³/mol. The van der Waals surface area contributed by atoms with Crippen LogP contribution in [0.15, 0.2) is 60.8 Å². The van der Waals surface area contributed by atoms with Crippen molar-refractivity contribution in [3.05, 3.63) is 60.8 Å². The molecule has 0 bridgehead atoms. The highest BCUT2D eigenvalue weighted by Crippen LogP contribution is 2.38. The second kappa shape index (κ2) is 46.4. The number of quaternary nitrogens is 1. The Morgan fingerprint density at radius 1 is 0.561 bits per heavy atom. The fourth-order valence-electron chi connectivity index (χ4n) is 7.49. The number of amides is 1. The molecule has 0 aliphatic heterocycles. The van der Waals surface area contributed by atoms with Crippen molar-refractivity contribution < 1.29 is 37.3 Å². The van der Waals surface area contributed by atoms with E-state index in [9.17, 15) is 19.0 Å². The van der Waals surface area contributed by atoms with E-state index in [4.69, 9.17) is 13.8 Å². The van der Waals surface area contributed by atoms with Crippen molar-refractivity contribution in [1.82, 2.24) is 5.32 Å². The van der Waals surface area contributed by atoms with E-state index in [1.54, 1.807) is 0 Å². The lowest BCUT2D eigenvalue weighted by Crippen LogP contribution is -2.47. The van der Waals surface area contributed by atoms with Gasteiger partial charge in [0.25, 0.3) is 7.82 Å². The van der Waals surface area contributed by atoms with Crippen LogP contribution < -0.4 is 10.2 Å². The van der Waals surface area contributed by atoms with Crippen LogP contribution in [0.1, 0.15) is 233 Å². The molecule has 0 fully saturated rings. The third-order valence-electron chi connectivity index (χ3n) is 11.7. The number of unbranched alkanes of at least 4 members (excludes halogenated alkanes) is 25. The highest BCUT2D eigenvalue weighted by Gasteiger charge is 2.27. The third kappa shape index (κ3) is 46.8. The molecule has 9 nitrogen and oxygen atoms in total. The zero-order chi connectivity index (χ0) is 48.7. The quantitative estimate of drug-likeness (QED) is 0.0161. The summed E-state index contributed by atoms with van der Waals surface area (Å²) in [5.74, 6) is -0.567. The predicted octanol–water partition coefficient (Wildman–Crippen LogP) is 15.3. The lowest BCUT2D eigenvalue weighted by atomic mass is 10.1. The number of carbonyl (C=O) groups is 2. The molecule has 384 valence electrons. The van der Waals surface area contributed by atoms with E-state index >= 15 is 0 Å². The fourth-order valence-corrected chi connectivity index (χ4v) is 8.21. The Labute approximate surface area is 407 Å². The van der Waals surface area contributed by atoms with Gasteiger partial charge in [-0.05, 0) is 83.1 Å². The van der Waals surface area contributed by atoms with Crippen molar-refractivity contribution in [1.29, 1.82) is 0 Å². The van der Waals surface area contributed by atoms with E-state index in [-0.39, 0.29) is 24.9 Å². The topological polar surface area (TPSA) is 114 Å². The van der Waals surface area contributed by atoms with Crippen molar-refractivity contribution >= 4 is 19.7 Å². The van der Waals surface area contributed by atoms with Crippen LogP contribution in [0.25, 0.3) is 0 Å². The van der Waals surface area contributed by atoms with Gasteiger partial charge in [0.1, 0.15) is 19.3 Å². The Bertz CT molecular complexity index is 1320. The summed E-state index contributed by atoms with van der Waals surface area (Å²) in [4.78, 5) is 39.7. The summed E-state index contributed by atoms with van der Waals surface area (Å²) >= 11 is 0. The van der Waals surface area contributed by atoms with Crippen LogP contribution in [0.3, 0.4) is 0 Å². The number of phosphoric acid groups is 1. The molecule has 0 saturated carbocycles. The summed E-state index contributed by atoms with van der Waals surface area (Å²) in [5.41, 5.74) is 0. The number of hydrogen-bond acceptors (Lipinski definition) is 7. The van der Waals surface area contributed by atoms with Gasteiger partial charge in [-0.15, -0.1) is 0 Å². The van der Waals surface area contributed by atoms with Gasteiger partial charge in [0.05, 0.1) is 33.8 Å². The molecule has 0 aliphatic carbocycles. The number of phosphoric ester groups is 1. The maximum absolute atomic E-state index is 13.4. The Hall–Kier alpha value is -2.29. The molecule has 0 aliphatic rings. The molecule has 0 radical (unpaired) electrons. The largest absolute Gasteiger partial charge is 0.756 e. The van der Waals surface area contributed by atoms with Crippen molar-refractivity contribution in [2.24, 2.45) is 0 Å². The van der Waals surface area contributed by atoms with Crippen LogP contribution in [-0.2, 0) is 27.9 Å². The number of ether oxygens (including phenoxy) is 1. The van der Waals surface area contributed by atoms with Crippen molar-refractivity contribution in [3.63, 3.8) is 0 Å². The van der Waals surface area contributed by atoms with Crippen LogP contribution in [-0.4, -0.2) is 69.4 Å². The molecule has 66 heavy (non-hydrogen) atoms. The second-order valence-electron chi connectivity index (χ2n) is 19.4. The van der Waals surface area contributed by atoms with E-state index in [2.05, 4.69) is 74.7 Å². The molecule has 10 heteroatoms. The lowest BCUT2D eigenvalue weighted by molar-refractivity contribution is -0.870. The molecular formula is C56H103N2O7P. The molecule has 3 unspecified atom stereocenters. The summed E-state index contributed by atoms with van der Waals surface area (Å²) in [6.07, 6.45) is 56.1. The van der Waals surface area contributed by atoms with E-state index in [1.807, 2.05) is 33.3 Å².